The van der Waals surface area contributed by atoms with Crippen LogP contribution >= 0.6 is 23.2 Å². The van der Waals surface area contributed by atoms with Crippen LogP contribution in [-0.2, 0) is 28.6 Å². The predicted molar refractivity (Wildman–Crippen MR) is 99.5 cm³/mol. The van der Waals surface area contributed by atoms with Crippen molar-refractivity contribution in [2.75, 3.05) is 0 Å². The molecule has 0 heterocycles. The van der Waals surface area contributed by atoms with E-state index >= 15 is 0 Å². The topological polar surface area (TPSA) is 66.4 Å². The molecule has 2 aromatic carbocycles. The highest BCUT2D eigenvalue weighted by molar-refractivity contribution is 6.42. The van der Waals surface area contributed by atoms with Crippen LogP contribution in [0.25, 0.3) is 0 Å². The van der Waals surface area contributed by atoms with Crippen LogP contribution in [0.1, 0.15) is 23.1 Å². The number of nitrogens with one attached hydrogen (secondary N) is 1. The first-order valence-corrected chi connectivity index (χ1v) is 8.91. The average molecular weight is 434 g/mol. The van der Waals surface area contributed by atoms with Crippen LogP contribution in [0.3, 0.4) is 0 Å². The Balaban J connectivity index is 2.08. The van der Waals surface area contributed by atoms with E-state index in [0.29, 0.717) is 15.6 Å². The number of alkyl halides is 3. The summed E-state index contributed by atoms with van der Waals surface area (Å²) in [7, 11) is 0. The Kier molecular flexibility index (Phi) is 7.32. The SMILES string of the molecule is O=C(O)CC(Cc1ccc(Cl)c(Cl)c1)NC(=O)Cc1cccc(C(F)(F)F)c1. The van der Waals surface area contributed by atoms with Crippen molar-refractivity contribution in [3.8, 4) is 0 Å². The van der Waals surface area contributed by atoms with E-state index in [0.717, 1.165) is 12.1 Å². The number of carboxylic acid groups (broad SMARTS) is 1. The molecule has 4 nitrogen and oxygen atoms in total. The molecule has 0 radical (unpaired) electrons. The zero-order valence-electron chi connectivity index (χ0n) is 14.4. The van der Waals surface area contributed by atoms with Crippen LogP contribution in [-0.4, -0.2) is 23.0 Å². The first-order chi connectivity index (χ1) is 13.0. The van der Waals surface area contributed by atoms with Gasteiger partial charge in [-0.3, -0.25) is 9.59 Å². The summed E-state index contributed by atoms with van der Waals surface area (Å²) in [5, 5.41) is 12.3. The number of carbonyl (C=O) groups is 2. The minimum atomic E-state index is -4.51. The maximum Gasteiger partial charge on any atom is 0.416 e. The molecule has 0 aliphatic carbocycles. The van der Waals surface area contributed by atoms with Gasteiger partial charge in [-0.25, -0.2) is 0 Å². The van der Waals surface area contributed by atoms with E-state index < -0.39 is 29.7 Å². The molecule has 0 saturated carbocycles. The van der Waals surface area contributed by atoms with Gasteiger partial charge in [0.25, 0.3) is 0 Å². The molecule has 0 fully saturated rings. The lowest BCUT2D eigenvalue weighted by atomic mass is 10.0. The van der Waals surface area contributed by atoms with Gasteiger partial charge in [-0.15, -0.1) is 0 Å². The van der Waals surface area contributed by atoms with Crippen molar-refractivity contribution in [3.63, 3.8) is 0 Å². The lowest BCUT2D eigenvalue weighted by Gasteiger charge is -2.18. The zero-order chi connectivity index (χ0) is 20.9. The Bertz CT molecular complexity index is 872. The Hall–Kier alpha value is -2.25. The van der Waals surface area contributed by atoms with Gasteiger partial charge in [-0.2, -0.15) is 13.2 Å². The van der Waals surface area contributed by atoms with Gasteiger partial charge >= 0.3 is 12.1 Å². The maximum absolute atomic E-state index is 12.8. The van der Waals surface area contributed by atoms with Crippen LogP contribution in [0, 0.1) is 0 Å². The van der Waals surface area contributed by atoms with Crippen LogP contribution in [0.5, 0.6) is 0 Å². The van der Waals surface area contributed by atoms with Gasteiger partial charge in [0, 0.05) is 6.04 Å². The standard InChI is InChI=1S/C19H16Cl2F3NO3/c20-15-5-4-12(8-16(15)21)7-14(10-18(27)28)25-17(26)9-11-2-1-3-13(6-11)19(22,23)24/h1-6,8,14H,7,9-10H2,(H,25,26)(H,27,28). The minimum Gasteiger partial charge on any atom is -0.481 e. The normalized spacial score (nSPS) is 12.5. The van der Waals surface area contributed by atoms with Crippen molar-refractivity contribution < 1.29 is 27.9 Å². The van der Waals surface area contributed by atoms with Crippen LogP contribution in [0.15, 0.2) is 42.5 Å². The predicted octanol–water partition coefficient (Wildman–Crippen LogP) is 4.76. The average Bonchev–Trinajstić information content (AvgIpc) is 2.57. The molecule has 0 aliphatic heterocycles. The second-order valence-electron chi connectivity index (χ2n) is 6.19. The Morgan fingerprint density at radius 1 is 1.04 bits per heavy atom. The highest BCUT2D eigenvalue weighted by atomic mass is 35.5. The van der Waals surface area contributed by atoms with Crippen molar-refractivity contribution in [2.24, 2.45) is 0 Å². The summed E-state index contributed by atoms with van der Waals surface area (Å²) in [6.45, 7) is 0. The van der Waals surface area contributed by atoms with Gasteiger partial charge in [0.2, 0.25) is 5.91 Å². The van der Waals surface area contributed by atoms with E-state index in [2.05, 4.69) is 5.32 Å². The molecular weight excluding hydrogens is 418 g/mol. The second-order valence-corrected chi connectivity index (χ2v) is 7.00. The van der Waals surface area contributed by atoms with E-state index in [-0.39, 0.29) is 24.8 Å². The number of aliphatic carboxylic acids is 1. The van der Waals surface area contributed by atoms with Gasteiger partial charge in [0.15, 0.2) is 0 Å². The van der Waals surface area contributed by atoms with Gasteiger partial charge in [-0.05, 0) is 35.7 Å². The van der Waals surface area contributed by atoms with E-state index in [1.54, 1.807) is 18.2 Å². The number of hydrogen-bond acceptors (Lipinski definition) is 2. The smallest absolute Gasteiger partial charge is 0.416 e. The van der Waals surface area contributed by atoms with Gasteiger partial charge in [0.1, 0.15) is 0 Å². The van der Waals surface area contributed by atoms with E-state index in [1.807, 2.05) is 0 Å². The minimum absolute atomic E-state index is 0.177. The molecule has 0 saturated heterocycles. The van der Waals surface area contributed by atoms with E-state index in [1.165, 1.54) is 12.1 Å². The first-order valence-electron chi connectivity index (χ1n) is 8.16. The third kappa shape index (κ3) is 6.73. The van der Waals surface area contributed by atoms with Crippen molar-refractivity contribution in [1.29, 1.82) is 0 Å². The number of rotatable bonds is 7. The lowest BCUT2D eigenvalue weighted by Crippen LogP contribution is -2.39. The van der Waals surface area contributed by atoms with Gasteiger partial charge < -0.3 is 10.4 Å². The molecule has 0 bridgehead atoms. The molecule has 9 heteroatoms. The van der Waals surface area contributed by atoms with Gasteiger partial charge in [0.05, 0.1) is 28.5 Å². The highest BCUT2D eigenvalue weighted by Crippen LogP contribution is 2.29. The fourth-order valence-corrected chi connectivity index (χ4v) is 2.98. The lowest BCUT2D eigenvalue weighted by molar-refractivity contribution is -0.138. The molecule has 2 aromatic rings. The monoisotopic (exact) mass is 433 g/mol. The van der Waals surface area contributed by atoms with E-state index in [9.17, 15) is 22.8 Å². The molecular formula is C19H16Cl2F3NO3. The number of benzene rings is 2. The zero-order valence-corrected chi connectivity index (χ0v) is 15.9. The summed E-state index contributed by atoms with van der Waals surface area (Å²) in [6.07, 6.45) is -4.99. The number of halogens is 5. The van der Waals surface area contributed by atoms with E-state index in [4.69, 9.17) is 28.3 Å². The molecule has 28 heavy (non-hydrogen) atoms. The second kappa shape index (κ2) is 9.30. The van der Waals surface area contributed by atoms with Crippen LogP contribution in [0.4, 0.5) is 13.2 Å². The Morgan fingerprint density at radius 3 is 2.36 bits per heavy atom. The highest BCUT2D eigenvalue weighted by Gasteiger charge is 2.30. The van der Waals surface area contributed by atoms with Crippen molar-refractivity contribution >= 4 is 35.1 Å². The number of carbonyl (C=O) groups excluding carboxylic acids is 1. The fourth-order valence-electron chi connectivity index (χ4n) is 2.66. The number of amides is 1. The molecule has 0 spiro atoms. The quantitative estimate of drug-likeness (QED) is 0.661. The summed E-state index contributed by atoms with van der Waals surface area (Å²) in [4.78, 5) is 23.3. The molecule has 0 aliphatic rings. The number of hydrogen-bond donors (Lipinski definition) is 2. The molecule has 1 amide bonds. The summed E-state index contributed by atoms with van der Waals surface area (Å²) >= 11 is 11.8. The van der Waals surface area contributed by atoms with Crippen LogP contribution < -0.4 is 5.32 Å². The summed E-state index contributed by atoms with van der Waals surface area (Å²) < 4.78 is 38.3. The molecule has 0 aromatic heterocycles. The maximum atomic E-state index is 12.8. The molecule has 2 N–H and O–H groups in total. The third-order valence-electron chi connectivity index (χ3n) is 3.87. The Morgan fingerprint density at radius 2 is 1.75 bits per heavy atom. The van der Waals surface area contributed by atoms with Crippen LogP contribution in [0.2, 0.25) is 10.0 Å². The van der Waals surface area contributed by atoms with Crippen molar-refractivity contribution in [1.82, 2.24) is 5.32 Å². The fraction of sp³-hybridized carbons (Fsp3) is 0.263. The molecule has 1 unspecified atom stereocenters. The Labute approximate surface area is 169 Å². The first kappa shape index (κ1) is 22.0. The van der Waals surface area contributed by atoms with Crippen molar-refractivity contribution in [2.45, 2.75) is 31.5 Å². The summed E-state index contributed by atoms with van der Waals surface area (Å²) in [5.74, 6) is -1.70. The largest absolute Gasteiger partial charge is 0.481 e. The summed E-state index contributed by atoms with van der Waals surface area (Å²) in [6, 6.07) is 8.45. The number of carboxylic acids is 1. The summed E-state index contributed by atoms with van der Waals surface area (Å²) in [5.41, 5.74) is -0.00773. The van der Waals surface area contributed by atoms with Gasteiger partial charge in [-0.1, -0.05) is 47.5 Å². The molecule has 2 rings (SSSR count). The molecule has 150 valence electrons. The third-order valence-corrected chi connectivity index (χ3v) is 4.61. The molecule has 1 atom stereocenters. The van der Waals surface area contributed by atoms with Crippen molar-refractivity contribution in [3.05, 3.63) is 69.2 Å².